The van der Waals surface area contributed by atoms with E-state index in [1.807, 2.05) is 0 Å². The molecule has 8 heteroatoms. The summed E-state index contributed by atoms with van der Waals surface area (Å²) in [6, 6.07) is -0.509. The van der Waals surface area contributed by atoms with E-state index >= 15 is 0 Å². The first-order chi connectivity index (χ1) is 8.58. The number of aliphatic hydroxyl groups excluding tert-OH is 1. The summed E-state index contributed by atoms with van der Waals surface area (Å²) in [5.41, 5.74) is 1.72. The highest BCUT2D eigenvalue weighted by Crippen LogP contribution is 2.12. The molecule has 18 heavy (non-hydrogen) atoms. The largest absolute Gasteiger partial charge is 0.385 e. The Balaban J connectivity index is 1.84. The molecular weight excluding hydrogens is 246 g/mol. The maximum absolute atomic E-state index is 12.0. The summed E-state index contributed by atoms with van der Waals surface area (Å²) in [5, 5.41) is 14.1. The molecule has 6 nitrogen and oxygen atoms in total. The van der Waals surface area contributed by atoms with E-state index in [1.54, 1.807) is 6.33 Å². The molecule has 0 fully saturated rings. The number of rotatable bonds is 4. The number of hydrogen-bond acceptors (Lipinski definition) is 4. The molecule has 1 amide bonds. The van der Waals surface area contributed by atoms with Gasteiger partial charge >= 0.3 is 0 Å². The molecule has 0 spiro atoms. The lowest BCUT2D eigenvalue weighted by atomic mass is 10.0. The van der Waals surface area contributed by atoms with Crippen LogP contribution >= 0.6 is 0 Å². The van der Waals surface area contributed by atoms with Crippen LogP contribution in [0.15, 0.2) is 6.33 Å². The second kappa shape index (κ2) is 5.40. The highest BCUT2D eigenvalue weighted by molar-refractivity contribution is 5.82. The molecular formula is C10H14F2N4O2. The van der Waals surface area contributed by atoms with Crippen LogP contribution in [0.25, 0.3) is 0 Å². The minimum atomic E-state index is -2.86. The maximum atomic E-state index is 12.0. The Morgan fingerprint density at radius 3 is 3.17 bits per heavy atom. The molecule has 0 saturated heterocycles. The monoisotopic (exact) mass is 260 g/mol. The van der Waals surface area contributed by atoms with Crippen LogP contribution in [-0.4, -0.2) is 46.1 Å². The maximum Gasteiger partial charge on any atom is 0.265 e. The van der Waals surface area contributed by atoms with Crippen molar-refractivity contribution in [2.45, 2.75) is 31.5 Å². The van der Waals surface area contributed by atoms with Gasteiger partial charge in [-0.1, -0.05) is 0 Å². The summed E-state index contributed by atoms with van der Waals surface area (Å²) in [7, 11) is 0. The summed E-state index contributed by atoms with van der Waals surface area (Å²) in [6.07, 6.45) is -2.75. The average Bonchev–Trinajstić information content (AvgIpc) is 2.82. The van der Waals surface area contributed by atoms with Crippen molar-refractivity contribution in [1.82, 2.24) is 20.6 Å². The van der Waals surface area contributed by atoms with Crippen molar-refractivity contribution in [1.29, 1.82) is 0 Å². The van der Waals surface area contributed by atoms with Crippen molar-refractivity contribution in [3.63, 3.8) is 0 Å². The summed E-state index contributed by atoms with van der Waals surface area (Å²) in [4.78, 5) is 18.7. The molecule has 0 saturated carbocycles. The average molecular weight is 260 g/mol. The summed E-state index contributed by atoms with van der Waals surface area (Å²) in [6.45, 7) is 0.0208. The van der Waals surface area contributed by atoms with Crippen LogP contribution in [0.5, 0.6) is 0 Å². The van der Waals surface area contributed by atoms with Crippen LogP contribution in [0.1, 0.15) is 11.4 Å². The van der Waals surface area contributed by atoms with Crippen LogP contribution in [0.3, 0.4) is 0 Å². The number of carbonyl (C=O) groups excluding carboxylic acids is 1. The van der Waals surface area contributed by atoms with E-state index in [9.17, 15) is 13.6 Å². The molecule has 0 aliphatic carbocycles. The van der Waals surface area contributed by atoms with E-state index in [2.05, 4.69) is 20.6 Å². The molecule has 100 valence electrons. The third kappa shape index (κ3) is 2.82. The zero-order valence-corrected chi connectivity index (χ0v) is 9.49. The van der Waals surface area contributed by atoms with E-state index in [0.717, 1.165) is 11.4 Å². The first kappa shape index (κ1) is 12.9. The first-order valence-electron chi connectivity index (χ1n) is 5.56. The van der Waals surface area contributed by atoms with Gasteiger partial charge in [-0.3, -0.25) is 10.1 Å². The number of amides is 1. The van der Waals surface area contributed by atoms with Crippen LogP contribution in [0.2, 0.25) is 0 Å². The molecule has 1 aliphatic heterocycles. The van der Waals surface area contributed by atoms with E-state index in [4.69, 9.17) is 5.11 Å². The molecule has 1 aromatic rings. The van der Waals surface area contributed by atoms with Crippen molar-refractivity contribution in [3.8, 4) is 0 Å². The molecule has 2 atom stereocenters. The van der Waals surface area contributed by atoms with Crippen molar-refractivity contribution in [3.05, 3.63) is 17.7 Å². The van der Waals surface area contributed by atoms with Gasteiger partial charge in [0.1, 0.15) is 6.10 Å². The van der Waals surface area contributed by atoms with Crippen molar-refractivity contribution >= 4 is 5.91 Å². The van der Waals surface area contributed by atoms with Gasteiger partial charge < -0.3 is 15.4 Å². The lowest BCUT2D eigenvalue weighted by Crippen LogP contribution is -2.49. The third-order valence-electron chi connectivity index (χ3n) is 2.82. The smallest absolute Gasteiger partial charge is 0.265 e. The number of aromatic nitrogens is 2. The number of alkyl halides is 2. The van der Waals surface area contributed by atoms with Gasteiger partial charge in [-0.25, -0.2) is 13.8 Å². The van der Waals surface area contributed by atoms with Gasteiger partial charge in [-0.05, 0) is 0 Å². The Hall–Kier alpha value is -1.54. The number of nitrogens with zero attached hydrogens (tertiary/aromatic N) is 1. The molecule has 2 unspecified atom stereocenters. The second-order valence-corrected chi connectivity index (χ2v) is 4.11. The highest BCUT2D eigenvalue weighted by atomic mass is 19.3. The van der Waals surface area contributed by atoms with Gasteiger partial charge in [0.25, 0.3) is 6.43 Å². The minimum Gasteiger partial charge on any atom is -0.385 e. The third-order valence-corrected chi connectivity index (χ3v) is 2.82. The molecule has 1 aromatic heterocycles. The van der Waals surface area contributed by atoms with Crippen LogP contribution in [-0.2, 0) is 17.8 Å². The van der Waals surface area contributed by atoms with Gasteiger partial charge in [0.15, 0.2) is 0 Å². The molecule has 1 aliphatic rings. The fourth-order valence-electron chi connectivity index (χ4n) is 1.77. The number of halogens is 2. The van der Waals surface area contributed by atoms with Crippen molar-refractivity contribution < 1.29 is 18.7 Å². The molecule has 2 heterocycles. The summed E-state index contributed by atoms with van der Waals surface area (Å²) >= 11 is 0. The standard InChI is InChI=1S/C10H14F2N4O2/c11-9(12)8(17)3-14-10(18)6-1-5-7(2-13-6)16-4-15-5/h4,6,8-9,13,17H,1-3H2,(H,14,18)(H,15,16). The fraction of sp³-hybridized carbons (Fsp3) is 0.600. The Labute approximate surface area is 102 Å². The number of aromatic amines is 1. The van der Waals surface area contributed by atoms with Crippen LogP contribution in [0.4, 0.5) is 8.78 Å². The van der Waals surface area contributed by atoms with E-state index in [-0.39, 0.29) is 0 Å². The van der Waals surface area contributed by atoms with Gasteiger partial charge in [0, 0.05) is 19.5 Å². The summed E-state index contributed by atoms with van der Waals surface area (Å²) < 4.78 is 24.1. The van der Waals surface area contributed by atoms with Crippen LogP contribution < -0.4 is 10.6 Å². The van der Waals surface area contributed by atoms with E-state index in [0.29, 0.717) is 13.0 Å². The number of carbonyl (C=O) groups is 1. The SMILES string of the molecule is O=C(NCC(O)C(F)F)C1Cc2nc[nH]c2CN1. The van der Waals surface area contributed by atoms with Gasteiger partial charge in [-0.15, -0.1) is 0 Å². The zero-order valence-electron chi connectivity index (χ0n) is 9.49. The Bertz CT molecular complexity index is 424. The van der Waals surface area contributed by atoms with E-state index in [1.165, 1.54) is 0 Å². The van der Waals surface area contributed by atoms with Gasteiger partial charge in [-0.2, -0.15) is 0 Å². The molecule has 0 bridgehead atoms. The topological polar surface area (TPSA) is 90.0 Å². The number of nitrogens with one attached hydrogen (secondary N) is 3. The molecule has 0 radical (unpaired) electrons. The predicted octanol–water partition coefficient (Wildman–Crippen LogP) is -0.834. The predicted molar refractivity (Wildman–Crippen MR) is 57.9 cm³/mol. The normalized spacial score (nSPS) is 20.6. The lowest BCUT2D eigenvalue weighted by Gasteiger charge is -2.22. The second-order valence-electron chi connectivity index (χ2n) is 4.11. The van der Waals surface area contributed by atoms with Crippen LogP contribution in [0, 0.1) is 0 Å². The van der Waals surface area contributed by atoms with Gasteiger partial charge in [0.05, 0.1) is 23.8 Å². The Kier molecular flexibility index (Phi) is 3.87. The molecule has 0 aromatic carbocycles. The molecule has 4 N–H and O–H groups in total. The summed E-state index contributed by atoms with van der Waals surface area (Å²) in [5.74, 6) is -0.414. The number of H-pyrrole nitrogens is 1. The first-order valence-corrected chi connectivity index (χ1v) is 5.56. The Morgan fingerprint density at radius 1 is 1.67 bits per heavy atom. The number of aliphatic hydroxyl groups is 1. The van der Waals surface area contributed by atoms with E-state index < -0.39 is 31.0 Å². The number of hydrogen-bond donors (Lipinski definition) is 4. The highest BCUT2D eigenvalue weighted by Gasteiger charge is 2.26. The quantitative estimate of drug-likeness (QED) is 0.568. The number of imidazole rings is 1. The molecule has 2 rings (SSSR count). The Morgan fingerprint density at radius 2 is 2.44 bits per heavy atom. The zero-order chi connectivity index (χ0) is 13.1. The van der Waals surface area contributed by atoms with Crippen molar-refractivity contribution in [2.24, 2.45) is 0 Å². The van der Waals surface area contributed by atoms with Gasteiger partial charge in [0.2, 0.25) is 5.91 Å². The fourth-order valence-corrected chi connectivity index (χ4v) is 1.77. The number of fused-ring (bicyclic) bond motifs is 1. The lowest BCUT2D eigenvalue weighted by molar-refractivity contribution is -0.124. The van der Waals surface area contributed by atoms with Crippen molar-refractivity contribution in [2.75, 3.05) is 6.54 Å². The minimum absolute atomic E-state index is 0.398.